The highest BCUT2D eigenvalue weighted by Crippen LogP contribution is 2.24. The van der Waals surface area contributed by atoms with Gasteiger partial charge < -0.3 is 15.1 Å². The first-order valence-electron chi connectivity index (χ1n) is 10.1. The van der Waals surface area contributed by atoms with Crippen molar-refractivity contribution in [1.29, 1.82) is 0 Å². The quantitative estimate of drug-likeness (QED) is 0.845. The molecule has 1 aromatic rings. The average Bonchev–Trinajstić information content (AvgIpc) is 3.21. The zero-order valence-corrected chi connectivity index (χ0v) is 15.9. The molecule has 3 rings (SSSR count). The van der Waals surface area contributed by atoms with Gasteiger partial charge in [0.2, 0.25) is 11.8 Å². The highest BCUT2D eigenvalue weighted by Gasteiger charge is 2.27. The van der Waals surface area contributed by atoms with Gasteiger partial charge in [-0.3, -0.25) is 9.59 Å². The summed E-state index contributed by atoms with van der Waals surface area (Å²) < 4.78 is 0. The molecule has 1 aromatic carbocycles. The van der Waals surface area contributed by atoms with E-state index in [0.717, 1.165) is 44.5 Å². The summed E-state index contributed by atoms with van der Waals surface area (Å²) in [6.07, 6.45) is 6.67. The third-order valence-electron chi connectivity index (χ3n) is 5.57. The van der Waals surface area contributed by atoms with Gasteiger partial charge in [0.05, 0.1) is 0 Å². The number of unbranched alkanes of at least 4 members (excludes halogenated alkanes) is 1. The van der Waals surface area contributed by atoms with Gasteiger partial charge in [0, 0.05) is 49.9 Å². The van der Waals surface area contributed by atoms with Crippen LogP contribution in [0.15, 0.2) is 24.3 Å². The Morgan fingerprint density at radius 1 is 1.04 bits per heavy atom. The third kappa shape index (κ3) is 4.77. The number of piperidine rings is 1. The number of rotatable bonds is 6. The van der Waals surface area contributed by atoms with Gasteiger partial charge >= 0.3 is 0 Å². The van der Waals surface area contributed by atoms with Gasteiger partial charge in [-0.15, -0.1) is 0 Å². The maximum Gasteiger partial charge on any atom is 0.227 e. The van der Waals surface area contributed by atoms with Crippen LogP contribution in [0.4, 0.5) is 11.4 Å². The van der Waals surface area contributed by atoms with Crippen LogP contribution in [0.3, 0.4) is 0 Å². The number of nitrogens with zero attached hydrogens (tertiary/aromatic N) is 2. The number of amides is 2. The van der Waals surface area contributed by atoms with E-state index in [-0.39, 0.29) is 17.7 Å². The Morgan fingerprint density at radius 2 is 1.69 bits per heavy atom. The fraction of sp³-hybridized carbons (Fsp3) is 0.619. The Hall–Kier alpha value is -2.04. The molecule has 5 heteroatoms. The summed E-state index contributed by atoms with van der Waals surface area (Å²) in [7, 11) is 0. The molecule has 0 aromatic heterocycles. The van der Waals surface area contributed by atoms with Crippen LogP contribution < -0.4 is 10.2 Å². The van der Waals surface area contributed by atoms with Crippen LogP contribution in [0, 0.1) is 5.92 Å². The number of likely N-dealkylation sites (tertiary alicyclic amines) is 1. The molecular formula is C21H31N3O2. The topological polar surface area (TPSA) is 52.7 Å². The summed E-state index contributed by atoms with van der Waals surface area (Å²) in [6.45, 7) is 5.76. The van der Waals surface area contributed by atoms with Crippen molar-refractivity contribution < 1.29 is 9.59 Å². The molecule has 26 heavy (non-hydrogen) atoms. The molecule has 2 amide bonds. The van der Waals surface area contributed by atoms with E-state index < -0.39 is 0 Å². The molecule has 2 aliphatic heterocycles. The standard InChI is InChI=1S/C21H31N3O2/c1-2-3-6-20(25)24-15-11-17(12-16-24)21(26)22-18-7-9-19(10-8-18)23-13-4-5-14-23/h7-10,17H,2-6,11-16H2,1H3,(H,22,26). The Morgan fingerprint density at radius 3 is 2.31 bits per heavy atom. The van der Waals surface area contributed by atoms with E-state index >= 15 is 0 Å². The van der Waals surface area contributed by atoms with Crippen LogP contribution in [0.25, 0.3) is 0 Å². The number of carbonyl (C=O) groups excluding carboxylic acids is 2. The maximum absolute atomic E-state index is 12.5. The molecule has 2 fully saturated rings. The van der Waals surface area contributed by atoms with Gasteiger partial charge in [-0.1, -0.05) is 13.3 Å². The lowest BCUT2D eigenvalue weighted by Crippen LogP contribution is -2.41. The van der Waals surface area contributed by atoms with Gasteiger partial charge in [0.1, 0.15) is 0 Å². The first kappa shape index (κ1) is 18.7. The van der Waals surface area contributed by atoms with E-state index in [2.05, 4.69) is 29.3 Å². The molecule has 2 aliphatic rings. The smallest absolute Gasteiger partial charge is 0.227 e. The predicted octanol–water partition coefficient (Wildman–Crippen LogP) is 3.65. The molecular weight excluding hydrogens is 326 g/mol. The largest absolute Gasteiger partial charge is 0.372 e. The molecule has 1 N–H and O–H groups in total. The summed E-state index contributed by atoms with van der Waals surface area (Å²) in [5.41, 5.74) is 2.10. The van der Waals surface area contributed by atoms with Crippen molar-refractivity contribution in [3.63, 3.8) is 0 Å². The van der Waals surface area contributed by atoms with Gasteiger partial charge in [0.15, 0.2) is 0 Å². The summed E-state index contributed by atoms with van der Waals surface area (Å²) in [5.74, 6) is 0.325. The first-order chi connectivity index (χ1) is 12.7. The fourth-order valence-electron chi connectivity index (χ4n) is 3.85. The second-order valence-corrected chi connectivity index (χ2v) is 7.49. The predicted molar refractivity (Wildman–Crippen MR) is 105 cm³/mol. The van der Waals surface area contributed by atoms with Gasteiger partial charge in [-0.25, -0.2) is 0 Å². The number of carbonyl (C=O) groups is 2. The Balaban J connectivity index is 1.46. The number of hydrogen-bond acceptors (Lipinski definition) is 3. The van der Waals surface area contributed by atoms with Crippen molar-refractivity contribution in [3.05, 3.63) is 24.3 Å². The number of benzene rings is 1. The number of hydrogen-bond donors (Lipinski definition) is 1. The minimum absolute atomic E-state index is 0.00323. The van der Waals surface area contributed by atoms with Crippen molar-refractivity contribution in [3.8, 4) is 0 Å². The Labute approximate surface area is 156 Å². The van der Waals surface area contributed by atoms with E-state index in [0.29, 0.717) is 19.5 Å². The SMILES string of the molecule is CCCCC(=O)N1CCC(C(=O)Nc2ccc(N3CCCC3)cc2)CC1. The van der Waals surface area contributed by atoms with Gasteiger partial charge in [-0.05, 0) is 56.4 Å². The van der Waals surface area contributed by atoms with E-state index in [1.807, 2.05) is 17.0 Å². The average molecular weight is 357 g/mol. The maximum atomic E-state index is 12.5. The molecule has 0 bridgehead atoms. The zero-order valence-electron chi connectivity index (χ0n) is 15.9. The van der Waals surface area contributed by atoms with Crippen molar-refractivity contribution in [1.82, 2.24) is 4.90 Å². The van der Waals surface area contributed by atoms with Crippen molar-refractivity contribution in [2.24, 2.45) is 5.92 Å². The minimum atomic E-state index is 0.00323. The van der Waals surface area contributed by atoms with E-state index in [1.165, 1.54) is 18.5 Å². The molecule has 0 saturated carbocycles. The zero-order chi connectivity index (χ0) is 18.4. The molecule has 0 atom stereocenters. The lowest BCUT2D eigenvalue weighted by atomic mass is 9.95. The molecule has 0 spiro atoms. The Bertz CT molecular complexity index is 600. The van der Waals surface area contributed by atoms with Crippen LogP contribution in [0.1, 0.15) is 51.9 Å². The Kier molecular flexibility index (Phi) is 6.53. The molecule has 142 valence electrons. The molecule has 5 nitrogen and oxygen atoms in total. The third-order valence-corrected chi connectivity index (χ3v) is 5.57. The summed E-state index contributed by atoms with van der Waals surface area (Å²) >= 11 is 0. The molecule has 2 heterocycles. The fourth-order valence-corrected chi connectivity index (χ4v) is 3.85. The molecule has 0 aliphatic carbocycles. The van der Waals surface area contributed by atoms with Gasteiger partial charge in [0.25, 0.3) is 0 Å². The lowest BCUT2D eigenvalue weighted by Gasteiger charge is -2.31. The van der Waals surface area contributed by atoms with E-state index in [1.54, 1.807) is 0 Å². The summed E-state index contributed by atoms with van der Waals surface area (Å²) in [5, 5.41) is 3.05. The normalized spacial score (nSPS) is 18.2. The minimum Gasteiger partial charge on any atom is -0.372 e. The first-order valence-corrected chi connectivity index (χ1v) is 10.1. The van der Waals surface area contributed by atoms with Gasteiger partial charge in [-0.2, -0.15) is 0 Å². The highest BCUT2D eigenvalue weighted by atomic mass is 16.2. The molecule has 0 radical (unpaired) electrons. The van der Waals surface area contributed by atoms with E-state index in [9.17, 15) is 9.59 Å². The van der Waals surface area contributed by atoms with E-state index in [4.69, 9.17) is 0 Å². The second kappa shape index (κ2) is 9.06. The number of nitrogens with one attached hydrogen (secondary N) is 1. The summed E-state index contributed by atoms with van der Waals surface area (Å²) in [6, 6.07) is 8.18. The molecule has 2 saturated heterocycles. The second-order valence-electron chi connectivity index (χ2n) is 7.49. The highest BCUT2D eigenvalue weighted by molar-refractivity contribution is 5.93. The lowest BCUT2D eigenvalue weighted by molar-refractivity contribution is -0.134. The van der Waals surface area contributed by atoms with Crippen molar-refractivity contribution >= 4 is 23.2 Å². The molecule has 0 unspecified atom stereocenters. The van der Waals surface area contributed by atoms with Crippen molar-refractivity contribution in [2.45, 2.75) is 51.9 Å². The van der Waals surface area contributed by atoms with Crippen molar-refractivity contribution in [2.75, 3.05) is 36.4 Å². The van der Waals surface area contributed by atoms with Crippen LogP contribution in [-0.4, -0.2) is 42.9 Å². The number of anilines is 2. The van der Waals surface area contributed by atoms with Crippen LogP contribution in [0.5, 0.6) is 0 Å². The van der Waals surface area contributed by atoms with Crippen LogP contribution in [0.2, 0.25) is 0 Å². The monoisotopic (exact) mass is 357 g/mol. The van der Waals surface area contributed by atoms with Crippen LogP contribution in [-0.2, 0) is 9.59 Å². The van der Waals surface area contributed by atoms with Crippen LogP contribution >= 0.6 is 0 Å². The summed E-state index contributed by atoms with van der Waals surface area (Å²) in [4.78, 5) is 28.9.